The fourth-order valence-corrected chi connectivity index (χ4v) is 0.924. The SMILES string of the molecule is C/C=C/CC(=O)NC(C)CCOC=O. The van der Waals surface area contributed by atoms with Gasteiger partial charge in [0.25, 0.3) is 6.47 Å². The van der Waals surface area contributed by atoms with E-state index in [1.165, 1.54) is 0 Å². The second-order valence-electron chi connectivity index (χ2n) is 3.00. The Bertz CT molecular complexity index is 202. The van der Waals surface area contributed by atoms with E-state index in [-0.39, 0.29) is 11.9 Å². The average Bonchev–Trinajstić information content (AvgIpc) is 2.15. The molecule has 0 saturated heterocycles. The van der Waals surface area contributed by atoms with Gasteiger partial charge in [0.15, 0.2) is 0 Å². The topological polar surface area (TPSA) is 55.4 Å². The molecule has 0 bridgehead atoms. The summed E-state index contributed by atoms with van der Waals surface area (Å²) in [5, 5.41) is 2.79. The second kappa shape index (κ2) is 8.29. The van der Waals surface area contributed by atoms with Crippen molar-refractivity contribution in [2.75, 3.05) is 6.61 Å². The van der Waals surface area contributed by atoms with Crippen molar-refractivity contribution in [3.8, 4) is 0 Å². The van der Waals surface area contributed by atoms with E-state index in [1.54, 1.807) is 6.08 Å². The molecule has 0 aromatic carbocycles. The molecule has 0 saturated carbocycles. The monoisotopic (exact) mass is 199 g/mol. The number of rotatable bonds is 7. The Morgan fingerprint density at radius 3 is 2.86 bits per heavy atom. The molecule has 0 aromatic rings. The number of nitrogens with one attached hydrogen (secondary N) is 1. The fourth-order valence-electron chi connectivity index (χ4n) is 0.924. The summed E-state index contributed by atoms with van der Waals surface area (Å²) < 4.78 is 4.52. The van der Waals surface area contributed by atoms with Crippen molar-refractivity contribution in [2.24, 2.45) is 0 Å². The third-order valence-electron chi connectivity index (χ3n) is 1.68. The molecule has 4 heteroatoms. The summed E-state index contributed by atoms with van der Waals surface area (Å²) in [6.07, 6.45) is 4.67. The molecule has 80 valence electrons. The van der Waals surface area contributed by atoms with Crippen LogP contribution in [-0.2, 0) is 14.3 Å². The Kier molecular flexibility index (Phi) is 7.50. The van der Waals surface area contributed by atoms with Crippen LogP contribution >= 0.6 is 0 Å². The average molecular weight is 199 g/mol. The van der Waals surface area contributed by atoms with Crippen molar-refractivity contribution in [3.63, 3.8) is 0 Å². The van der Waals surface area contributed by atoms with Gasteiger partial charge in [-0.25, -0.2) is 0 Å². The lowest BCUT2D eigenvalue weighted by Gasteiger charge is -2.11. The van der Waals surface area contributed by atoms with Crippen molar-refractivity contribution in [3.05, 3.63) is 12.2 Å². The fraction of sp³-hybridized carbons (Fsp3) is 0.600. The molecule has 0 spiro atoms. The van der Waals surface area contributed by atoms with Gasteiger partial charge in [0, 0.05) is 18.9 Å². The molecule has 0 radical (unpaired) electrons. The number of carbonyl (C=O) groups excluding carboxylic acids is 2. The third-order valence-corrected chi connectivity index (χ3v) is 1.68. The zero-order valence-electron chi connectivity index (χ0n) is 8.66. The van der Waals surface area contributed by atoms with Crippen LogP contribution in [0.3, 0.4) is 0 Å². The number of hydrogen-bond acceptors (Lipinski definition) is 3. The molecule has 14 heavy (non-hydrogen) atoms. The Morgan fingerprint density at radius 1 is 1.57 bits per heavy atom. The van der Waals surface area contributed by atoms with Gasteiger partial charge >= 0.3 is 0 Å². The summed E-state index contributed by atoms with van der Waals surface area (Å²) >= 11 is 0. The van der Waals surface area contributed by atoms with E-state index >= 15 is 0 Å². The molecule has 1 atom stereocenters. The number of allylic oxidation sites excluding steroid dienone is 1. The van der Waals surface area contributed by atoms with E-state index < -0.39 is 0 Å². The van der Waals surface area contributed by atoms with Gasteiger partial charge in [0.05, 0.1) is 6.61 Å². The quantitative estimate of drug-likeness (QED) is 0.378. The molecule has 1 amide bonds. The van der Waals surface area contributed by atoms with Gasteiger partial charge in [0.1, 0.15) is 0 Å². The largest absolute Gasteiger partial charge is 0.468 e. The molecule has 0 aliphatic carbocycles. The van der Waals surface area contributed by atoms with Gasteiger partial charge in [-0.2, -0.15) is 0 Å². The van der Waals surface area contributed by atoms with Gasteiger partial charge in [-0.3, -0.25) is 9.59 Å². The Morgan fingerprint density at radius 2 is 2.29 bits per heavy atom. The summed E-state index contributed by atoms with van der Waals surface area (Å²) in [5.74, 6) is -0.0123. The molecule has 1 N–H and O–H groups in total. The highest BCUT2D eigenvalue weighted by atomic mass is 16.5. The number of amides is 1. The lowest BCUT2D eigenvalue weighted by Crippen LogP contribution is -2.32. The molecule has 0 fully saturated rings. The van der Waals surface area contributed by atoms with Crippen molar-refractivity contribution in [2.45, 2.75) is 32.7 Å². The van der Waals surface area contributed by atoms with Gasteiger partial charge in [0.2, 0.25) is 5.91 Å². The van der Waals surface area contributed by atoms with Gasteiger partial charge in [-0.15, -0.1) is 0 Å². The van der Waals surface area contributed by atoms with E-state index in [4.69, 9.17) is 0 Å². The summed E-state index contributed by atoms with van der Waals surface area (Å²) in [5.41, 5.74) is 0. The van der Waals surface area contributed by atoms with E-state index in [0.29, 0.717) is 25.9 Å². The van der Waals surface area contributed by atoms with Crippen LogP contribution in [0.1, 0.15) is 26.7 Å². The minimum absolute atomic E-state index is 0.0123. The Balaban J connectivity index is 3.54. The number of carbonyl (C=O) groups is 2. The maximum atomic E-state index is 11.2. The summed E-state index contributed by atoms with van der Waals surface area (Å²) in [6, 6.07) is 0.0349. The minimum Gasteiger partial charge on any atom is -0.468 e. The van der Waals surface area contributed by atoms with E-state index in [2.05, 4.69) is 10.1 Å². The Labute approximate surface area is 84.3 Å². The first-order valence-corrected chi connectivity index (χ1v) is 4.66. The van der Waals surface area contributed by atoms with E-state index in [9.17, 15) is 9.59 Å². The van der Waals surface area contributed by atoms with Gasteiger partial charge in [-0.05, 0) is 13.8 Å². The zero-order valence-corrected chi connectivity index (χ0v) is 8.66. The highest BCUT2D eigenvalue weighted by Gasteiger charge is 2.05. The van der Waals surface area contributed by atoms with E-state index in [1.807, 2.05) is 19.9 Å². The van der Waals surface area contributed by atoms with Crippen LogP contribution in [-0.4, -0.2) is 25.0 Å². The van der Waals surface area contributed by atoms with Gasteiger partial charge in [-0.1, -0.05) is 12.2 Å². The second-order valence-corrected chi connectivity index (χ2v) is 3.00. The molecular weight excluding hydrogens is 182 g/mol. The summed E-state index contributed by atoms with van der Waals surface area (Å²) in [7, 11) is 0. The minimum atomic E-state index is -0.0123. The number of ether oxygens (including phenoxy) is 1. The molecule has 1 unspecified atom stereocenters. The number of hydrogen-bond donors (Lipinski definition) is 1. The van der Waals surface area contributed by atoms with Crippen LogP contribution < -0.4 is 5.32 Å². The van der Waals surface area contributed by atoms with Crippen LogP contribution in [0.15, 0.2) is 12.2 Å². The summed E-state index contributed by atoms with van der Waals surface area (Å²) in [4.78, 5) is 21.0. The van der Waals surface area contributed by atoms with Crippen LogP contribution in [0.4, 0.5) is 0 Å². The predicted octanol–water partition coefficient (Wildman–Crippen LogP) is 1.02. The van der Waals surface area contributed by atoms with Gasteiger partial charge < -0.3 is 10.1 Å². The van der Waals surface area contributed by atoms with Crippen molar-refractivity contribution < 1.29 is 14.3 Å². The zero-order chi connectivity index (χ0) is 10.8. The van der Waals surface area contributed by atoms with Crippen LogP contribution in [0.5, 0.6) is 0 Å². The Hall–Kier alpha value is -1.32. The molecular formula is C10H17NO3. The molecule has 0 aliphatic rings. The lowest BCUT2D eigenvalue weighted by molar-refractivity contribution is -0.128. The first-order chi connectivity index (χ1) is 6.70. The first-order valence-electron chi connectivity index (χ1n) is 4.66. The van der Waals surface area contributed by atoms with E-state index in [0.717, 1.165) is 0 Å². The van der Waals surface area contributed by atoms with Crippen molar-refractivity contribution in [1.82, 2.24) is 5.32 Å². The normalized spacial score (nSPS) is 12.4. The first kappa shape index (κ1) is 12.7. The standard InChI is InChI=1S/C10H17NO3/c1-3-4-5-10(13)11-9(2)6-7-14-8-12/h3-4,8-9H,5-7H2,1-2H3,(H,11,13)/b4-3+. The smallest absolute Gasteiger partial charge is 0.293 e. The van der Waals surface area contributed by atoms with Crippen LogP contribution in [0.25, 0.3) is 0 Å². The third kappa shape index (κ3) is 7.34. The lowest BCUT2D eigenvalue weighted by atomic mass is 10.2. The predicted molar refractivity (Wildman–Crippen MR) is 53.7 cm³/mol. The molecule has 0 aromatic heterocycles. The van der Waals surface area contributed by atoms with Crippen molar-refractivity contribution in [1.29, 1.82) is 0 Å². The maximum Gasteiger partial charge on any atom is 0.293 e. The molecule has 0 heterocycles. The molecule has 0 rings (SSSR count). The molecule has 0 aliphatic heterocycles. The highest BCUT2D eigenvalue weighted by molar-refractivity contribution is 5.77. The highest BCUT2D eigenvalue weighted by Crippen LogP contribution is 1.92. The maximum absolute atomic E-state index is 11.2. The van der Waals surface area contributed by atoms with Crippen LogP contribution in [0, 0.1) is 0 Å². The van der Waals surface area contributed by atoms with Crippen molar-refractivity contribution >= 4 is 12.4 Å². The summed E-state index contributed by atoms with van der Waals surface area (Å²) in [6.45, 7) is 4.50. The van der Waals surface area contributed by atoms with Crippen LogP contribution in [0.2, 0.25) is 0 Å². The molecule has 4 nitrogen and oxygen atoms in total.